The van der Waals surface area contributed by atoms with Crippen LogP contribution in [0.15, 0.2) is 12.1 Å². The van der Waals surface area contributed by atoms with Crippen molar-refractivity contribution in [2.45, 2.75) is 52.7 Å². The van der Waals surface area contributed by atoms with E-state index in [0.29, 0.717) is 18.7 Å². The summed E-state index contributed by atoms with van der Waals surface area (Å²) in [5.41, 5.74) is 11.6. The van der Waals surface area contributed by atoms with Gasteiger partial charge >= 0.3 is 0 Å². The second-order valence-corrected chi connectivity index (χ2v) is 6.26. The lowest BCUT2D eigenvalue weighted by Crippen LogP contribution is -2.44. The number of nitrogens with zero attached hydrogens (tertiary/aromatic N) is 1. The maximum absolute atomic E-state index is 6.13. The predicted molar refractivity (Wildman–Crippen MR) is 88.7 cm³/mol. The molecular weight excluding hydrogens is 260 g/mol. The Kier molecular flexibility index (Phi) is 5.80. The number of rotatable bonds is 5. The van der Waals surface area contributed by atoms with Gasteiger partial charge < -0.3 is 10.5 Å². The largest absolute Gasteiger partial charge is 0.377 e. The van der Waals surface area contributed by atoms with Crippen LogP contribution in [0.25, 0.3) is 0 Å². The summed E-state index contributed by atoms with van der Waals surface area (Å²) in [6, 6.07) is 4.93. The zero-order valence-electron chi connectivity index (χ0n) is 14.0. The van der Waals surface area contributed by atoms with E-state index in [0.717, 1.165) is 19.7 Å². The molecule has 118 valence electrons. The zero-order chi connectivity index (χ0) is 15.4. The molecule has 1 fully saturated rings. The third-order valence-electron chi connectivity index (χ3n) is 4.72. The van der Waals surface area contributed by atoms with Crippen molar-refractivity contribution < 1.29 is 4.74 Å². The Labute approximate surface area is 129 Å². The molecule has 0 bridgehead atoms. The van der Waals surface area contributed by atoms with Crippen LogP contribution in [0, 0.1) is 20.8 Å². The second-order valence-electron chi connectivity index (χ2n) is 6.26. The van der Waals surface area contributed by atoms with Crippen LogP contribution in [0.1, 0.15) is 48.1 Å². The Morgan fingerprint density at radius 3 is 2.62 bits per heavy atom. The lowest BCUT2D eigenvalue weighted by molar-refractivity contribution is -0.00668. The number of hydrogen-bond donors (Lipinski definition) is 1. The fourth-order valence-corrected chi connectivity index (χ4v) is 3.44. The molecule has 2 rings (SSSR count). The highest BCUT2D eigenvalue weighted by atomic mass is 16.5. The van der Waals surface area contributed by atoms with Crippen molar-refractivity contribution in [2.24, 2.45) is 5.73 Å². The smallest absolute Gasteiger partial charge is 0.0702 e. The van der Waals surface area contributed by atoms with E-state index in [2.05, 4.69) is 44.7 Å². The molecule has 1 aliphatic rings. The van der Waals surface area contributed by atoms with Crippen LogP contribution in [-0.2, 0) is 4.74 Å². The third-order valence-corrected chi connectivity index (χ3v) is 4.72. The molecule has 21 heavy (non-hydrogen) atoms. The van der Waals surface area contributed by atoms with E-state index < -0.39 is 0 Å². The van der Waals surface area contributed by atoms with Gasteiger partial charge in [0.2, 0.25) is 0 Å². The molecule has 2 atom stereocenters. The summed E-state index contributed by atoms with van der Waals surface area (Å²) in [7, 11) is 0. The van der Waals surface area contributed by atoms with Gasteiger partial charge in [0.1, 0.15) is 0 Å². The van der Waals surface area contributed by atoms with Gasteiger partial charge in [0.05, 0.1) is 6.10 Å². The summed E-state index contributed by atoms with van der Waals surface area (Å²) < 4.78 is 5.83. The molecule has 0 amide bonds. The van der Waals surface area contributed by atoms with Gasteiger partial charge in [-0.1, -0.05) is 12.1 Å². The predicted octanol–water partition coefficient (Wildman–Crippen LogP) is 3.11. The molecule has 1 heterocycles. The lowest BCUT2D eigenvalue weighted by Gasteiger charge is -2.38. The van der Waals surface area contributed by atoms with Gasteiger partial charge in [-0.3, -0.25) is 4.90 Å². The van der Waals surface area contributed by atoms with Gasteiger partial charge in [-0.05, 0) is 69.3 Å². The average molecular weight is 290 g/mol. The highest BCUT2D eigenvalue weighted by Crippen LogP contribution is 2.28. The summed E-state index contributed by atoms with van der Waals surface area (Å²) in [5, 5.41) is 0. The Morgan fingerprint density at radius 2 is 1.95 bits per heavy atom. The average Bonchev–Trinajstić information content (AvgIpc) is 2.46. The normalized spacial score (nSPS) is 21.5. The van der Waals surface area contributed by atoms with Gasteiger partial charge in [0.25, 0.3) is 0 Å². The molecule has 1 saturated heterocycles. The number of nitrogens with two attached hydrogens (primary N) is 1. The maximum atomic E-state index is 6.13. The quantitative estimate of drug-likeness (QED) is 0.905. The summed E-state index contributed by atoms with van der Waals surface area (Å²) >= 11 is 0. The first-order valence-corrected chi connectivity index (χ1v) is 8.20. The van der Waals surface area contributed by atoms with Crippen LogP contribution < -0.4 is 5.73 Å². The molecule has 2 unspecified atom stereocenters. The summed E-state index contributed by atoms with van der Waals surface area (Å²) in [5.74, 6) is 0. The monoisotopic (exact) mass is 290 g/mol. The molecule has 0 saturated carbocycles. The molecule has 0 spiro atoms. The Balaban J connectivity index is 2.21. The van der Waals surface area contributed by atoms with Gasteiger partial charge in [0.15, 0.2) is 0 Å². The van der Waals surface area contributed by atoms with E-state index >= 15 is 0 Å². The van der Waals surface area contributed by atoms with Crippen LogP contribution in [0.4, 0.5) is 0 Å². The number of aryl methyl sites for hydroxylation is 3. The molecule has 0 radical (unpaired) electrons. The van der Waals surface area contributed by atoms with Crippen molar-refractivity contribution in [3.63, 3.8) is 0 Å². The number of piperidine rings is 1. The van der Waals surface area contributed by atoms with Crippen LogP contribution in [-0.4, -0.2) is 37.2 Å². The van der Waals surface area contributed by atoms with Crippen LogP contribution in [0.2, 0.25) is 0 Å². The number of likely N-dealkylation sites (tertiary alicyclic amines) is 1. The minimum atomic E-state index is 0.313. The fraction of sp³-hybridized carbons (Fsp3) is 0.667. The summed E-state index contributed by atoms with van der Waals surface area (Å²) in [6.45, 7) is 12.2. The molecule has 2 N–H and O–H groups in total. The molecule has 0 aliphatic carbocycles. The third kappa shape index (κ3) is 3.85. The van der Waals surface area contributed by atoms with Crippen LogP contribution in [0.5, 0.6) is 0 Å². The Hall–Kier alpha value is -0.900. The number of ether oxygens (including phenoxy) is 1. The highest BCUT2D eigenvalue weighted by Gasteiger charge is 2.27. The standard InChI is InChI=1S/C18H30N2O/c1-5-21-16-7-6-8-20(12-16)18(11-19)17-10-14(3)13(2)9-15(17)4/h9-10,16,18H,5-8,11-12,19H2,1-4H3. The van der Waals surface area contributed by atoms with Crippen molar-refractivity contribution in [3.05, 3.63) is 34.4 Å². The van der Waals surface area contributed by atoms with E-state index in [-0.39, 0.29) is 0 Å². The second kappa shape index (κ2) is 7.39. The van der Waals surface area contributed by atoms with E-state index in [1.807, 2.05) is 0 Å². The lowest BCUT2D eigenvalue weighted by atomic mass is 9.93. The molecule has 3 heteroatoms. The maximum Gasteiger partial charge on any atom is 0.0702 e. The zero-order valence-corrected chi connectivity index (χ0v) is 14.0. The summed E-state index contributed by atoms with van der Waals surface area (Å²) in [6.07, 6.45) is 2.74. The van der Waals surface area contributed by atoms with Crippen LogP contribution >= 0.6 is 0 Å². The first kappa shape index (κ1) is 16.5. The SMILES string of the molecule is CCOC1CCCN(C(CN)c2cc(C)c(C)cc2C)C1. The summed E-state index contributed by atoms with van der Waals surface area (Å²) in [4.78, 5) is 2.51. The number of benzene rings is 1. The molecule has 1 aliphatic heterocycles. The number of hydrogen-bond acceptors (Lipinski definition) is 3. The van der Waals surface area contributed by atoms with E-state index in [1.165, 1.54) is 35.1 Å². The van der Waals surface area contributed by atoms with Crippen molar-refractivity contribution in [2.75, 3.05) is 26.2 Å². The van der Waals surface area contributed by atoms with Gasteiger partial charge in [-0.2, -0.15) is 0 Å². The fourth-order valence-electron chi connectivity index (χ4n) is 3.44. The molecule has 3 nitrogen and oxygen atoms in total. The van der Waals surface area contributed by atoms with Gasteiger partial charge in [-0.15, -0.1) is 0 Å². The molecule has 0 aromatic heterocycles. The topological polar surface area (TPSA) is 38.5 Å². The van der Waals surface area contributed by atoms with Crippen LogP contribution in [0.3, 0.4) is 0 Å². The first-order valence-electron chi connectivity index (χ1n) is 8.20. The van der Waals surface area contributed by atoms with E-state index in [9.17, 15) is 0 Å². The minimum absolute atomic E-state index is 0.313. The Bertz CT molecular complexity index is 471. The van der Waals surface area contributed by atoms with E-state index in [4.69, 9.17) is 10.5 Å². The molecule has 1 aromatic carbocycles. The van der Waals surface area contributed by atoms with Gasteiger partial charge in [-0.25, -0.2) is 0 Å². The molecular formula is C18H30N2O. The Morgan fingerprint density at radius 1 is 1.24 bits per heavy atom. The van der Waals surface area contributed by atoms with Gasteiger partial charge in [0, 0.05) is 25.7 Å². The van der Waals surface area contributed by atoms with Crippen molar-refractivity contribution >= 4 is 0 Å². The van der Waals surface area contributed by atoms with Crippen molar-refractivity contribution in [1.82, 2.24) is 4.90 Å². The van der Waals surface area contributed by atoms with E-state index in [1.54, 1.807) is 0 Å². The minimum Gasteiger partial charge on any atom is -0.377 e. The van der Waals surface area contributed by atoms with Crippen molar-refractivity contribution in [1.29, 1.82) is 0 Å². The highest BCUT2D eigenvalue weighted by molar-refractivity contribution is 5.38. The first-order chi connectivity index (χ1) is 10.1. The van der Waals surface area contributed by atoms with Crippen molar-refractivity contribution in [3.8, 4) is 0 Å². The molecule has 1 aromatic rings.